The second-order valence-electron chi connectivity index (χ2n) is 10.0. The highest BCUT2D eigenvalue weighted by molar-refractivity contribution is 5.54. The normalized spacial score (nSPS) is 15.7. The first-order valence-electron chi connectivity index (χ1n) is 14.3. The molecule has 0 aliphatic carbocycles. The summed E-state index contributed by atoms with van der Waals surface area (Å²) in [6, 6.07) is 7.72. The molecular weight excluding hydrogens is 528 g/mol. The summed E-state index contributed by atoms with van der Waals surface area (Å²) >= 11 is 0. The Hall–Kier alpha value is -2.92. The van der Waals surface area contributed by atoms with Gasteiger partial charge in [-0.05, 0) is 73.4 Å². The van der Waals surface area contributed by atoms with Crippen molar-refractivity contribution < 1.29 is 37.9 Å². The number of benzene rings is 2. The lowest BCUT2D eigenvalue weighted by molar-refractivity contribution is 0.0984. The van der Waals surface area contributed by atoms with E-state index in [0.29, 0.717) is 60.2 Å². The summed E-state index contributed by atoms with van der Waals surface area (Å²) in [4.78, 5) is 0. The maximum atomic E-state index is 5.96. The predicted molar refractivity (Wildman–Crippen MR) is 158 cm³/mol. The number of rotatable bonds is 18. The summed E-state index contributed by atoms with van der Waals surface area (Å²) in [5.74, 6) is 4.40. The summed E-state index contributed by atoms with van der Waals surface area (Å²) in [7, 11) is 9.69. The fourth-order valence-corrected chi connectivity index (χ4v) is 5.10. The predicted octanol–water partition coefficient (Wildman–Crippen LogP) is 4.86. The molecule has 2 aromatic carbocycles. The number of hydrogen-bond donors (Lipinski definition) is 1. The Morgan fingerprint density at radius 3 is 1.63 bits per heavy atom. The van der Waals surface area contributed by atoms with Crippen molar-refractivity contribution in [1.29, 1.82) is 0 Å². The molecule has 230 valence electrons. The molecule has 1 unspecified atom stereocenters. The van der Waals surface area contributed by atoms with Crippen molar-refractivity contribution in [3.05, 3.63) is 35.4 Å². The van der Waals surface area contributed by atoms with Crippen LogP contribution >= 0.6 is 0 Å². The van der Waals surface area contributed by atoms with Crippen molar-refractivity contribution in [3.8, 4) is 34.5 Å². The molecule has 0 spiro atoms. The van der Waals surface area contributed by atoms with Gasteiger partial charge in [0.1, 0.15) is 0 Å². The molecule has 0 amide bonds. The molecule has 1 fully saturated rings. The Morgan fingerprint density at radius 2 is 1.17 bits per heavy atom. The van der Waals surface area contributed by atoms with Crippen molar-refractivity contribution >= 4 is 0 Å². The monoisotopic (exact) mass is 576 g/mol. The van der Waals surface area contributed by atoms with Crippen LogP contribution < -0.4 is 33.8 Å². The first kappa shape index (κ1) is 32.6. The molecular formula is C31H48N2O8. The summed E-state index contributed by atoms with van der Waals surface area (Å²) in [6.07, 6.45) is 5.56. The number of nitrogens with one attached hydrogen (secondary N) is 1. The van der Waals surface area contributed by atoms with Gasteiger partial charge in [-0.1, -0.05) is 0 Å². The van der Waals surface area contributed by atoms with Gasteiger partial charge >= 0.3 is 0 Å². The van der Waals surface area contributed by atoms with Gasteiger partial charge in [-0.2, -0.15) is 0 Å². The molecule has 1 atom stereocenters. The van der Waals surface area contributed by atoms with Gasteiger partial charge in [0.25, 0.3) is 0 Å². The summed E-state index contributed by atoms with van der Waals surface area (Å²) < 4.78 is 44.4. The van der Waals surface area contributed by atoms with Crippen LogP contribution in [0.25, 0.3) is 0 Å². The number of nitrogens with zero attached hydrogens (tertiary/aromatic N) is 1. The molecule has 1 N–H and O–H groups in total. The number of hydrazine groups is 1. The van der Waals surface area contributed by atoms with Gasteiger partial charge in [-0.3, -0.25) is 5.43 Å². The molecule has 1 aliphatic rings. The quantitative estimate of drug-likeness (QED) is 0.248. The molecule has 41 heavy (non-hydrogen) atoms. The Morgan fingerprint density at radius 1 is 0.683 bits per heavy atom. The summed E-state index contributed by atoms with van der Waals surface area (Å²) in [5.41, 5.74) is 5.62. The van der Waals surface area contributed by atoms with Crippen LogP contribution in [0.2, 0.25) is 0 Å². The molecule has 0 aromatic heterocycles. The van der Waals surface area contributed by atoms with E-state index in [1.165, 1.54) is 12.8 Å². The third-order valence-corrected chi connectivity index (χ3v) is 7.25. The highest BCUT2D eigenvalue weighted by atomic mass is 16.5. The van der Waals surface area contributed by atoms with E-state index in [-0.39, 0.29) is 0 Å². The van der Waals surface area contributed by atoms with E-state index < -0.39 is 0 Å². The van der Waals surface area contributed by atoms with Crippen LogP contribution in [0.4, 0.5) is 0 Å². The topological polar surface area (TPSA) is 89.1 Å². The lowest BCUT2D eigenvalue weighted by atomic mass is 9.98. The Bertz CT molecular complexity index is 919. The third kappa shape index (κ3) is 9.85. The van der Waals surface area contributed by atoms with Gasteiger partial charge < -0.3 is 37.9 Å². The maximum absolute atomic E-state index is 5.96. The van der Waals surface area contributed by atoms with E-state index in [1.807, 2.05) is 24.3 Å². The van der Waals surface area contributed by atoms with E-state index in [4.69, 9.17) is 37.9 Å². The first-order valence-corrected chi connectivity index (χ1v) is 14.3. The zero-order valence-corrected chi connectivity index (χ0v) is 25.6. The molecule has 0 bridgehead atoms. The van der Waals surface area contributed by atoms with Crippen LogP contribution in [0, 0.1) is 5.92 Å². The van der Waals surface area contributed by atoms with Crippen molar-refractivity contribution in [2.75, 3.05) is 75.5 Å². The van der Waals surface area contributed by atoms with Crippen molar-refractivity contribution in [1.82, 2.24) is 10.4 Å². The molecule has 0 saturated carbocycles. The Labute approximate surface area is 245 Å². The fraction of sp³-hybridized carbons (Fsp3) is 0.613. The van der Waals surface area contributed by atoms with Crippen LogP contribution in [0.5, 0.6) is 34.5 Å². The Balaban J connectivity index is 1.30. The smallest absolute Gasteiger partial charge is 0.203 e. The van der Waals surface area contributed by atoms with Gasteiger partial charge in [0.15, 0.2) is 23.0 Å². The molecule has 1 saturated heterocycles. The van der Waals surface area contributed by atoms with Crippen LogP contribution in [0.15, 0.2) is 24.3 Å². The molecule has 1 heterocycles. The van der Waals surface area contributed by atoms with Crippen molar-refractivity contribution in [2.45, 2.75) is 45.3 Å². The molecule has 1 aliphatic heterocycles. The number of hydrogen-bond acceptors (Lipinski definition) is 10. The van der Waals surface area contributed by atoms with E-state index in [1.54, 1.807) is 42.7 Å². The molecule has 3 rings (SSSR count). The van der Waals surface area contributed by atoms with Gasteiger partial charge in [0.2, 0.25) is 11.5 Å². The van der Waals surface area contributed by atoms with E-state index >= 15 is 0 Å². The van der Waals surface area contributed by atoms with E-state index in [9.17, 15) is 0 Å². The lowest BCUT2D eigenvalue weighted by Crippen LogP contribution is -2.40. The molecule has 2 aromatic rings. The second kappa shape index (κ2) is 17.8. The fourth-order valence-electron chi connectivity index (χ4n) is 5.10. The van der Waals surface area contributed by atoms with Gasteiger partial charge in [-0.25, -0.2) is 5.01 Å². The number of methoxy groups -OCH3 is 6. The zero-order chi connectivity index (χ0) is 29.5. The van der Waals surface area contributed by atoms with Gasteiger partial charge in [0, 0.05) is 32.8 Å². The minimum Gasteiger partial charge on any atom is -0.493 e. The Kier molecular flexibility index (Phi) is 14.1. The first-order chi connectivity index (χ1) is 20.1. The summed E-state index contributed by atoms with van der Waals surface area (Å²) in [6.45, 7) is 5.42. The largest absolute Gasteiger partial charge is 0.493 e. The molecule has 10 nitrogen and oxygen atoms in total. The minimum absolute atomic E-state index is 0.494. The maximum Gasteiger partial charge on any atom is 0.203 e. The average molecular weight is 577 g/mol. The number of ether oxygens (including phenoxy) is 8. The lowest BCUT2D eigenvalue weighted by Gasteiger charge is -2.21. The van der Waals surface area contributed by atoms with Crippen LogP contribution in [-0.2, 0) is 22.7 Å². The van der Waals surface area contributed by atoms with Crippen LogP contribution in [-0.4, -0.2) is 80.5 Å². The highest BCUT2D eigenvalue weighted by Gasteiger charge is 2.17. The minimum atomic E-state index is 0.494. The average Bonchev–Trinajstić information content (AvgIpc) is 3.24. The standard InChI is InChI=1S/C31H48N2O8/c1-34-26-16-24(17-27(35-2)30(26)38-5)21-40-14-8-11-23-10-7-12-33(32-20-23)13-9-15-41-22-25-18-28(36-3)31(39-6)29(19-25)37-4/h16-19,23,32H,7-15,20-22H2,1-6H3. The highest BCUT2D eigenvalue weighted by Crippen LogP contribution is 2.39. The van der Waals surface area contributed by atoms with Crippen LogP contribution in [0.1, 0.15) is 43.2 Å². The molecule has 0 radical (unpaired) electrons. The van der Waals surface area contributed by atoms with Crippen LogP contribution in [0.3, 0.4) is 0 Å². The van der Waals surface area contributed by atoms with Gasteiger partial charge in [-0.15, -0.1) is 0 Å². The third-order valence-electron chi connectivity index (χ3n) is 7.25. The van der Waals surface area contributed by atoms with Gasteiger partial charge in [0.05, 0.1) is 55.9 Å². The van der Waals surface area contributed by atoms with Crippen molar-refractivity contribution in [3.63, 3.8) is 0 Å². The zero-order valence-electron chi connectivity index (χ0n) is 25.6. The van der Waals surface area contributed by atoms with Crippen molar-refractivity contribution in [2.24, 2.45) is 5.92 Å². The summed E-state index contributed by atoms with van der Waals surface area (Å²) in [5, 5.41) is 2.34. The SMILES string of the molecule is COc1cc(COCCCC2CCCN(CCCOCc3cc(OC)c(OC)c(OC)c3)NC2)cc(OC)c1OC. The molecule has 10 heteroatoms. The second-order valence-corrected chi connectivity index (χ2v) is 10.0. The van der Waals surface area contributed by atoms with E-state index in [0.717, 1.165) is 56.6 Å². The van der Waals surface area contributed by atoms with E-state index in [2.05, 4.69) is 10.4 Å².